The van der Waals surface area contributed by atoms with E-state index in [0.717, 1.165) is 3.97 Å². The number of amides is 1. The van der Waals surface area contributed by atoms with E-state index in [1.807, 2.05) is 0 Å². The van der Waals surface area contributed by atoms with E-state index >= 15 is 0 Å². The van der Waals surface area contributed by atoms with Gasteiger partial charge in [-0.1, -0.05) is 0 Å². The number of aromatic nitrogens is 2. The van der Waals surface area contributed by atoms with Crippen LogP contribution in [0.25, 0.3) is 0 Å². The number of carbonyl (C=O) groups excluding carboxylic acids is 1. The third-order valence-electron chi connectivity index (χ3n) is 3.16. The summed E-state index contributed by atoms with van der Waals surface area (Å²) in [6.07, 6.45) is 5.20. The van der Waals surface area contributed by atoms with Crippen molar-refractivity contribution in [2.45, 2.75) is 4.90 Å². The standard InChI is InChI=1S/C15H13N3O5S/c1-22-14-5-4-12(9-16-14)24(20,21)18-7-6-11(10-18)17-15(19)13-3-2-8-23-13/h2-10H,1H3,(H,17,19). The van der Waals surface area contributed by atoms with Gasteiger partial charge in [0, 0.05) is 18.5 Å². The molecule has 8 nitrogen and oxygen atoms in total. The molecule has 124 valence electrons. The molecule has 24 heavy (non-hydrogen) atoms. The zero-order valence-electron chi connectivity index (χ0n) is 12.5. The lowest BCUT2D eigenvalue weighted by Crippen LogP contribution is -2.12. The minimum absolute atomic E-state index is 0.00260. The number of nitrogens with zero attached hydrogens (tertiary/aromatic N) is 2. The lowest BCUT2D eigenvalue weighted by Gasteiger charge is -2.06. The maximum absolute atomic E-state index is 12.5. The van der Waals surface area contributed by atoms with Crippen molar-refractivity contribution in [3.05, 3.63) is 60.9 Å². The summed E-state index contributed by atoms with van der Waals surface area (Å²) < 4.78 is 35.9. The summed E-state index contributed by atoms with van der Waals surface area (Å²) >= 11 is 0. The number of anilines is 1. The van der Waals surface area contributed by atoms with Crippen molar-refractivity contribution in [3.63, 3.8) is 0 Å². The molecule has 3 rings (SSSR count). The van der Waals surface area contributed by atoms with Gasteiger partial charge in [0.15, 0.2) is 5.76 Å². The lowest BCUT2D eigenvalue weighted by atomic mass is 10.4. The molecule has 1 amide bonds. The summed E-state index contributed by atoms with van der Waals surface area (Å²) in [5.74, 6) is -0.0286. The Morgan fingerprint density at radius 2 is 2.12 bits per heavy atom. The van der Waals surface area contributed by atoms with E-state index in [-0.39, 0.29) is 10.7 Å². The summed E-state index contributed by atoms with van der Waals surface area (Å²) in [5, 5.41) is 2.55. The Bertz CT molecular complexity index is 943. The van der Waals surface area contributed by atoms with Gasteiger partial charge in [-0.15, -0.1) is 0 Å². The number of methoxy groups -OCH3 is 1. The molecule has 1 N–H and O–H groups in total. The minimum atomic E-state index is -3.81. The predicted molar refractivity (Wildman–Crippen MR) is 84.5 cm³/mol. The highest BCUT2D eigenvalue weighted by Crippen LogP contribution is 2.19. The molecule has 0 saturated carbocycles. The van der Waals surface area contributed by atoms with Crippen LogP contribution in [0.2, 0.25) is 0 Å². The molecule has 9 heteroatoms. The summed E-state index contributed by atoms with van der Waals surface area (Å²) in [6.45, 7) is 0. The van der Waals surface area contributed by atoms with Crippen molar-refractivity contribution >= 4 is 21.6 Å². The van der Waals surface area contributed by atoms with E-state index in [4.69, 9.17) is 9.15 Å². The molecule has 0 aliphatic heterocycles. The van der Waals surface area contributed by atoms with Crippen LogP contribution in [0, 0.1) is 0 Å². The molecular formula is C15H13N3O5S. The molecule has 0 aliphatic carbocycles. The fourth-order valence-electron chi connectivity index (χ4n) is 1.96. The zero-order valence-corrected chi connectivity index (χ0v) is 13.4. The van der Waals surface area contributed by atoms with Crippen LogP contribution >= 0.6 is 0 Å². The second kappa shape index (κ2) is 6.20. The molecule has 0 unspecified atom stereocenters. The molecule has 0 atom stereocenters. The minimum Gasteiger partial charge on any atom is -0.481 e. The molecule has 0 saturated heterocycles. The lowest BCUT2D eigenvalue weighted by molar-refractivity contribution is 0.0996. The van der Waals surface area contributed by atoms with E-state index in [0.29, 0.717) is 11.6 Å². The zero-order chi connectivity index (χ0) is 17.2. The van der Waals surface area contributed by atoms with Gasteiger partial charge in [0.05, 0.1) is 25.3 Å². The molecule has 0 radical (unpaired) electrons. The average Bonchev–Trinajstić information content (AvgIpc) is 3.26. The van der Waals surface area contributed by atoms with Crippen molar-refractivity contribution in [1.82, 2.24) is 8.96 Å². The smallest absolute Gasteiger partial charge is 0.291 e. The first-order valence-corrected chi connectivity index (χ1v) is 8.23. The van der Waals surface area contributed by atoms with Crippen molar-refractivity contribution < 1.29 is 22.4 Å². The summed E-state index contributed by atoms with van der Waals surface area (Å²) in [5.41, 5.74) is 0.321. The van der Waals surface area contributed by atoms with E-state index in [2.05, 4.69) is 10.3 Å². The van der Waals surface area contributed by atoms with Crippen LogP contribution in [0.1, 0.15) is 10.6 Å². The van der Waals surface area contributed by atoms with Gasteiger partial charge < -0.3 is 14.5 Å². The fourth-order valence-corrected chi connectivity index (χ4v) is 3.11. The molecule has 0 aromatic carbocycles. The Labute approximate surface area is 137 Å². The van der Waals surface area contributed by atoms with E-state index in [9.17, 15) is 13.2 Å². The number of hydrogen-bond acceptors (Lipinski definition) is 6. The number of ether oxygens (including phenoxy) is 1. The highest BCUT2D eigenvalue weighted by molar-refractivity contribution is 7.90. The summed E-state index contributed by atoms with van der Waals surface area (Å²) in [6, 6.07) is 7.40. The Hall–Kier alpha value is -3.07. The van der Waals surface area contributed by atoms with E-state index in [1.54, 1.807) is 6.07 Å². The molecule has 0 bridgehead atoms. The average molecular weight is 347 g/mol. The maximum Gasteiger partial charge on any atom is 0.291 e. The first kappa shape index (κ1) is 15.8. The van der Waals surface area contributed by atoms with E-state index in [1.165, 1.54) is 56.2 Å². The van der Waals surface area contributed by atoms with Gasteiger partial charge in [-0.05, 0) is 24.3 Å². The van der Waals surface area contributed by atoms with Gasteiger partial charge in [0.25, 0.3) is 15.9 Å². The molecule has 0 spiro atoms. The van der Waals surface area contributed by atoms with Crippen molar-refractivity contribution in [2.75, 3.05) is 12.4 Å². The predicted octanol–water partition coefficient (Wildman–Crippen LogP) is 1.97. The van der Waals surface area contributed by atoms with Gasteiger partial charge in [0.1, 0.15) is 4.90 Å². The molecule has 3 heterocycles. The van der Waals surface area contributed by atoms with Crippen LogP contribution in [0.15, 0.2) is 64.5 Å². The third-order valence-corrected chi connectivity index (χ3v) is 4.78. The number of pyridine rings is 1. The fraction of sp³-hybridized carbons (Fsp3) is 0.0667. The Kier molecular flexibility index (Phi) is 4.09. The van der Waals surface area contributed by atoms with E-state index < -0.39 is 15.9 Å². The second-order valence-corrected chi connectivity index (χ2v) is 6.55. The van der Waals surface area contributed by atoms with Gasteiger partial charge in [-0.2, -0.15) is 0 Å². The normalized spacial score (nSPS) is 11.2. The monoisotopic (exact) mass is 347 g/mol. The quantitative estimate of drug-likeness (QED) is 0.757. The first-order chi connectivity index (χ1) is 11.5. The second-order valence-electron chi connectivity index (χ2n) is 4.70. The van der Waals surface area contributed by atoms with Gasteiger partial charge >= 0.3 is 0 Å². The van der Waals surface area contributed by atoms with Gasteiger partial charge in [0.2, 0.25) is 5.88 Å². The molecule has 3 aromatic heterocycles. The Morgan fingerprint density at radius 3 is 2.75 bits per heavy atom. The molecular weight excluding hydrogens is 334 g/mol. The SMILES string of the molecule is COc1ccc(S(=O)(=O)n2ccc(NC(=O)c3ccco3)c2)cn1. The molecule has 3 aromatic rings. The van der Waals surface area contributed by atoms with Gasteiger partial charge in [-0.25, -0.2) is 17.4 Å². The van der Waals surface area contributed by atoms with Crippen molar-refractivity contribution in [1.29, 1.82) is 0 Å². The van der Waals surface area contributed by atoms with Crippen LogP contribution in [0.3, 0.4) is 0 Å². The summed E-state index contributed by atoms with van der Waals surface area (Å²) in [4.78, 5) is 15.8. The number of rotatable bonds is 5. The maximum atomic E-state index is 12.5. The molecule has 0 aliphatic rings. The van der Waals surface area contributed by atoms with Crippen LogP contribution in [0.5, 0.6) is 5.88 Å². The number of furan rings is 1. The van der Waals surface area contributed by atoms with Gasteiger partial charge in [-0.3, -0.25) is 4.79 Å². The molecule has 0 fully saturated rings. The van der Waals surface area contributed by atoms with Crippen LogP contribution in [-0.2, 0) is 10.0 Å². The van der Waals surface area contributed by atoms with Crippen LogP contribution < -0.4 is 10.1 Å². The first-order valence-electron chi connectivity index (χ1n) is 6.79. The topological polar surface area (TPSA) is 103 Å². The largest absolute Gasteiger partial charge is 0.481 e. The Balaban J connectivity index is 1.82. The van der Waals surface area contributed by atoms with Crippen molar-refractivity contribution in [3.8, 4) is 5.88 Å². The summed E-state index contributed by atoms with van der Waals surface area (Å²) in [7, 11) is -2.37. The highest BCUT2D eigenvalue weighted by atomic mass is 32.2. The van der Waals surface area contributed by atoms with Crippen molar-refractivity contribution in [2.24, 2.45) is 0 Å². The number of nitrogens with one attached hydrogen (secondary N) is 1. The van der Waals surface area contributed by atoms with Crippen LogP contribution in [-0.4, -0.2) is 30.4 Å². The van der Waals surface area contributed by atoms with Crippen LogP contribution in [0.4, 0.5) is 5.69 Å². The number of carbonyl (C=O) groups is 1. The Morgan fingerprint density at radius 1 is 1.29 bits per heavy atom. The number of hydrogen-bond donors (Lipinski definition) is 1. The third kappa shape index (κ3) is 3.01. The highest BCUT2D eigenvalue weighted by Gasteiger charge is 2.18.